The van der Waals surface area contributed by atoms with Crippen molar-refractivity contribution in [3.63, 3.8) is 0 Å². The van der Waals surface area contributed by atoms with Crippen molar-refractivity contribution in [2.75, 3.05) is 44.6 Å². The maximum Gasteiger partial charge on any atom is 0.269 e. The van der Waals surface area contributed by atoms with Crippen molar-refractivity contribution >= 4 is 23.2 Å². The molecule has 138 valence electrons. The third kappa shape index (κ3) is 5.56. The van der Waals surface area contributed by atoms with E-state index in [1.54, 1.807) is 13.2 Å². The Morgan fingerprint density at radius 1 is 1.12 bits per heavy atom. The van der Waals surface area contributed by atoms with Gasteiger partial charge in [0.2, 0.25) is 0 Å². The van der Waals surface area contributed by atoms with E-state index in [0.717, 1.165) is 5.69 Å². The zero-order chi connectivity index (χ0) is 18.9. The highest BCUT2D eigenvalue weighted by Gasteiger charge is 2.12. The van der Waals surface area contributed by atoms with Crippen molar-refractivity contribution in [2.45, 2.75) is 6.42 Å². The molecule has 7 nitrogen and oxygen atoms in total. The van der Waals surface area contributed by atoms with Gasteiger partial charge in [0.1, 0.15) is 5.69 Å². The molecule has 0 atom stereocenters. The lowest BCUT2D eigenvalue weighted by Gasteiger charge is -2.13. The van der Waals surface area contributed by atoms with Gasteiger partial charge >= 0.3 is 0 Å². The lowest BCUT2D eigenvalue weighted by atomic mass is 10.2. The molecule has 1 heterocycles. The molecule has 7 heteroatoms. The summed E-state index contributed by atoms with van der Waals surface area (Å²) in [4.78, 5) is 30.5. The standard InChI is InChI=1S/C19H24N4O3/c1-23(2)16-7-5-15(6-8-16)22-18(24)14-9-11-20-17(13-14)19(25)21-10-4-12-26-3/h5-9,11,13H,4,10,12H2,1-3H3,(H,21,25)(H,22,24). The summed E-state index contributed by atoms with van der Waals surface area (Å²) in [6.45, 7) is 1.06. The van der Waals surface area contributed by atoms with Crippen LogP contribution < -0.4 is 15.5 Å². The van der Waals surface area contributed by atoms with Gasteiger partial charge in [-0.25, -0.2) is 0 Å². The molecular weight excluding hydrogens is 332 g/mol. The molecule has 0 aliphatic heterocycles. The minimum atomic E-state index is -0.314. The highest BCUT2D eigenvalue weighted by Crippen LogP contribution is 2.16. The zero-order valence-corrected chi connectivity index (χ0v) is 15.3. The van der Waals surface area contributed by atoms with E-state index in [9.17, 15) is 9.59 Å². The van der Waals surface area contributed by atoms with Crippen LogP contribution in [-0.4, -0.2) is 51.2 Å². The number of benzene rings is 1. The summed E-state index contributed by atoms with van der Waals surface area (Å²) >= 11 is 0. The number of aromatic nitrogens is 1. The van der Waals surface area contributed by atoms with Crippen LogP contribution in [0.4, 0.5) is 11.4 Å². The average molecular weight is 356 g/mol. The van der Waals surface area contributed by atoms with Gasteiger partial charge in [0, 0.05) is 57.5 Å². The van der Waals surface area contributed by atoms with Gasteiger partial charge in [-0.3, -0.25) is 14.6 Å². The second kappa shape index (κ2) is 9.53. The predicted molar refractivity (Wildman–Crippen MR) is 102 cm³/mol. The van der Waals surface area contributed by atoms with Gasteiger partial charge in [0.05, 0.1) is 0 Å². The molecule has 0 bridgehead atoms. The number of hydrogen-bond donors (Lipinski definition) is 2. The monoisotopic (exact) mass is 356 g/mol. The highest BCUT2D eigenvalue weighted by molar-refractivity contribution is 6.05. The Morgan fingerprint density at radius 2 is 1.85 bits per heavy atom. The molecule has 0 aliphatic carbocycles. The maximum absolute atomic E-state index is 12.4. The van der Waals surface area contributed by atoms with Gasteiger partial charge in [-0.05, 0) is 42.8 Å². The smallest absolute Gasteiger partial charge is 0.269 e. The Labute approximate surface area is 153 Å². The second-order valence-corrected chi connectivity index (χ2v) is 5.93. The first-order chi connectivity index (χ1) is 12.5. The van der Waals surface area contributed by atoms with Crippen LogP contribution in [0.5, 0.6) is 0 Å². The van der Waals surface area contributed by atoms with Crippen LogP contribution >= 0.6 is 0 Å². The Kier molecular flexibility index (Phi) is 7.11. The Bertz CT molecular complexity index is 745. The van der Waals surface area contributed by atoms with Crippen LogP contribution in [-0.2, 0) is 4.74 Å². The van der Waals surface area contributed by atoms with Gasteiger partial charge < -0.3 is 20.3 Å². The van der Waals surface area contributed by atoms with Crippen molar-refractivity contribution in [1.29, 1.82) is 0 Å². The molecule has 2 amide bonds. The highest BCUT2D eigenvalue weighted by atomic mass is 16.5. The molecule has 0 spiro atoms. The Balaban J connectivity index is 1.99. The molecule has 0 saturated carbocycles. The van der Waals surface area contributed by atoms with E-state index in [0.29, 0.717) is 30.8 Å². The molecule has 2 rings (SSSR count). The summed E-state index contributed by atoms with van der Waals surface area (Å²) in [6, 6.07) is 10.6. The number of carbonyl (C=O) groups excluding carboxylic acids is 2. The normalized spacial score (nSPS) is 10.3. The molecule has 0 fully saturated rings. The van der Waals surface area contributed by atoms with Gasteiger partial charge in [-0.2, -0.15) is 0 Å². The first kappa shape index (κ1) is 19.4. The number of amides is 2. The van der Waals surface area contributed by atoms with Crippen molar-refractivity contribution in [3.8, 4) is 0 Å². The maximum atomic E-state index is 12.4. The minimum absolute atomic E-state index is 0.207. The number of nitrogens with zero attached hydrogens (tertiary/aromatic N) is 2. The molecule has 26 heavy (non-hydrogen) atoms. The molecule has 2 N–H and O–H groups in total. The predicted octanol–water partition coefficient (Wildman–Crippen LogP) is 2.17. The fraction of sp³-hybridized carbons (Fsp3) is 0.316. The molecule has 1 aromatic heterocycles. The van der Waals surface area contributed by atoms with Crippen LogP contribution in [0.15, 0.2) is 42.6 Å². The number of methoxy groups -OCH3 is 1. The summed E-state index contributed by atoms with van der Waals surface area (Å²) in [5.74, 6) is -0.607. The molecule has 0 aliphatic rings. The summed E-state index contributed by atoms with van der Waals surface area (Å²) in [7, 11) is 5.51. The van der Waals surface area contributed by atoms with Crippen LogP contribution in [0.3, 0.4) is 0 Å². The second-order valence-electron chi connectivity index (χ2n) is 5.93. The van der Waals surface area contributed by atoms with E-state index in [1.807, 2.05) is 43.3 Å². The summed E-state index contributed by atoms with van der Waals surface area (Å²) < 4.78 is 4.93. The van der Waals surface area contributed by atoms with Gasteiger partial charge in [0.15, 0.2) is 0 Å². The number of pyridine rings is 1. The van der Waals surface area contributed by atoms with Crippen LogP contribution in [0.1, 0.15) is 27.3 Å². The number of hydrogen-bond acceptors (Lipinski definition) is 5. The third-order valence-corrected chi connectivity index (χ3v) is 3.71. The molecule has 1 aromatic carbocycles. The summed E-state index contributed by atoms with van der Waals surface area (Å²) in [5, 5.41) is 5.57. The lowest BCUT2D eigenvalue weighted by molar-refractivity contribution is 0.0943. The quantitative estimate of drug-likeness (QED) is 0.708. The SMILES string of the molecule is COCCCNC(=O)c1cc(C(=O)Nc2ccc(N(C)C)cc2)ccn1. The van der Waals surface area contributed by atoms with Crippen molar-refractivity contribution in [3.05, 3.63) is 53.9 Å². The fourth-order valence-corrected chi connectivity index (χ4v) is 2.25. The summed E-state index contributed by atoms with van der Waals surface area (Å²) in [6.07, 6.45) is 2.17. The van der Waals surface area contributed by atoms with Crippen LogP contribution in [0, 0.1) is 0 Å². The lowest BCUT2D eigenvalue weighted by Crippen LogP contribution is -2.26. The van der Waals surface area contributed by atoms with E-state index in [2.05, 4.69) is 15.6 Å². The van der Waals surface area contributed by atoms with Crippen LogP contribution in [0.25, 0.3) is 0 Å². The Hall–Kier alpha value is -2.93. The molecule has 0 radical (unpaired) electrons. The van der Waals surface area contributed by atoms with Crippen molar-refractivity contribution < 1.29 is 14.3 Å². The van der Waals surface area contributed by atoms with E-state index in [1.165, 1.54) is 12.3 Å². The van der Waals surface area contributed by atoms with E-state index in [-0.39, 0.29) is 17.5 Å². The number of carbonyl (C=O) groups is 2. The van der Waals surface area contributed by atoms with Gasteiger partial charge in [0.25, 0.3) is 11.8 Å². The minimum Gasteiger partial charge on any atom is -0.385 e. The first-order valence-electron chi connectivity index (χ1n) is 8.33. The third-order valence-electron chi connectivity index (χ3n) is 3.71. The number of rotatable bonds is 8. The van der Waals surface area contributed by atoms with Crippen LogP contribution in [0.2, 0.25) is 0 Å². The van der Waals surface area contributed by atoms with E-state index in [4.69, 9.17) is 4.74 Å². The van der Waals surface area contributed by atoms with Gasteiger partial charge in [-0.1, -0.05) is 0 Å². The van der Waals surface area contributed by atoms with Crippen molar-refractivity contribution in [2.24, 2.45) is 0 Å². The fourth-order valence-electron chi connectivity index (χ4n) is 2.25. The largest absolute Gasteiger partial charge is 0.385 e. The topological polar surface area (TPSA) is 83.6 Å². The molecular formula is C19H24N4O3. The van der Waals surface area contributed by atoms with E-state index >= 15 is 0 Å². The Morgan fingerprint density at radius 3 is 2.50 bits per heavy atom. The van der Waals surface area contributed by atoms with Gasteiger partial charge in [-0.15, -0.1) is 0 Å². The van der Waals surface area contributed by atoms with Crippen molar-refractivity contribution in [1.82, 2.24) is 10.3 Å². The zero-order valence-electron chi connectivity index (χ0n) is 15.3. The number of ether oxygens (including phenoxy) is 1. The molecule has 2 aromatic rings. The number of anilines is 2. The molecule has 0 saturated heterocycles. The first-order valence-corrected chi connectivity index (χ1v) is 8.33. The number of nitrogens with one attached hydrogen (secondary N) is 2. The van der Waals surface area contributed by atoms with E-state index < -0.39 is 0 Å². The summed E-state index contributed by atoms with van der Waals surface area (Å²) in [5.41, 5.74) is 2.30. The molecule has 0 unspecified atom stereocenters. The average Bonchev–Trinajstić information content (AvgIpc) is 2.65.